The fourth-order valence-electron chi connectivity index (χ4n) is 11.8. The number of aryl methyl sites for hydroxylation is 1. The first-order chi connectivity index (χ1) is 34.6. The molecule has 0 saturated carbocycles. The molecule has 0 saturated heterocycles. The predicted molar refractivity (Wildman–Crippen MR) is 287 cm³/mol. The van der Waals surface area contributed by atoms with Gasteiger partial charge in [-0.15, -0.1) is 0 Å². The molecule has 1 N–H and O–H groups in total. The maximum absolute atomic E-state index is 6.86. The van der Waals surface area contributed by atoms with E-state index in [4.69, 9.17) is 18.8 Å². The van der Waals surface area contributed by atoms with Gasteiger partial charge in [-0.1, -0.05) is 182 Å². The van der Waals surface area contributed by atoms with Crippen LogP contribution in [0.5, 0.6) is 0 Å². The Kier molecular flexibility index (Phi) is 9.75. The topological polar surface area (TPSA) is 63.0 Å². The average molecular weight is 904 g/mol. The highest BCUT2D eigenvalue weighted by Crippen LogP contribution is 2.51. The van der Waals surface area contributed by atoms with Crippen LogP contribution >= 0.6 is 0 Å². The maximum atomic E-state index is 6.86. The fraction of sp³-hybridized carbons (Fsp3) is 0.138. The van der Waals surface area contributed by atoms with E-state index in [1.54, 1.807) is 0 Å². The van der Waals surface area contributed by atoms with Crippen LogP contribution in [0.25, 0.3) is 55.7 Å². The van der Waals surface area contributed by atoms with Gasteiger partial charge in [0, 0.05) is 50.3 Å². The highest BCUT2D eigenvalue weighted by atomic mass is 16.3. The van der Waals surface area contributed by atoms with Crippen LogP contribution in [0.2, 0.25) is 0 Å². The van der Waals surface area contributed by atoms with Gasteiger partial charge in [0.05, 0.1) is 0 Å². The van der Waals surface area contributed by atoms with Crippen LogP contribution in [0.4, 0.5) is 0 Å². The van der Waals surface area contributed by atoms with Crippen molar-refractivity contribution in [2.75, 3.05) is 0 Å². The monoisotopic (exact) mass is 903 g/mol. The Morgan fingerprint density at radius 3 is 2.13 bits per heavy atom. The quantitative estimate of drug-likeness (QED) is 0.173. The molecule has 5 nitrogen and oxygen atoms in total. The SMILES string of the molecule is C1=CC(c2ccccc2)CC=C1C1=NC(c2ccccc2)N=C(c2ccc3c4c(oc3c2)C=C(c2ccc3oc5c(C6CC7CC=C(c8ccccc8)C=C7c7ccccc76)cccc5c3c2)CC4)N1. The molecule has 14 rings (SSSR count). The zero-order chi connectivity index (χ0) is 46.1. The zero-order valence-corrected chi connectivity index (χ0v) is 38.7. The van der Waals surface area contributed by atoms with E-state index in [-0.39, 0.29) is 12.1 Å². The van der Waals surface area contributed by atoms with Crippen molar-refractivity contribution in [1.29, 1.82) is 0 Å². The molecule has 7 aromatic carbocycles. The van der Waals surface area contributed by atoms with Gasteiger partial charge in [-0.05, 0) is 112 Å². The second-order valence-corrected chi connectivity index (χ2v) is 19.4. The Morgan fingerprint density at radius 1 is 0.529 bits per heavy atom. The van der Waals surface area contributed by atoms with Crippen LogP contribution in [0.1, 0.15) is 99.5 Å². The van der Waals surface area contributed by atoms with Crippen molar-refractivity contribution in [1.82, 2.24) is 5.32 Å². The summed E-state index contributed by atoms with van der Waals surface area (Å²) in [7, 11) is 0. The van der Waals surface area contributed by atoms with Crippen LogP contribution in [-0.4, -0.2) is 11.7 Å². The summed E-state index contributed by atoms with van der Waals surface area (Å²) in [4.78, 5) is 10.3. The summed E-state index contributed by atoms with van der Waals surface area (Å²) < 4.78 is 13.6. The lowest BCUT2D eigenvalue weighted by Gasteiger charge is -2.36. The predicted octanol–water partition coefficient (Wildman–Crippen LogP) is 16.0. The fourth-order valence-corrected chi connectivity index (χ4v) is 11.8. The number of nitrogens with one attached hydrogen (secondary N) is 1. The number of aliphatic imine (C=N–C) groups is 2. The normalized spacial score (nSPS) is 20.6. The molecule has 0 amide bonds. The van der Waals surface area contributed by atoms with Gasteiger partial charge in [0.2, 0.25) is 0 Å². The van der Waals surface area contributed by atoms with E-state index in [0.717, 1.165) is 93.8 Å². The van der Waals surface area contributed by atoms with Crippen molar-refractivity contribution < 1.29 is 8.83 Å². The Hall–Kier alpha value is -8.28. The molecule has 2 aromatic heterocycles. The molecule has 0 radical (unpaired) electrons. The molecule has 3 heterocycles. The Balaban J connectivity index is 0.760. The van der Waals surface area contributed by atoms with Crippen molar-refractivity contribution in [3.63, 3.8) is 0 Å². The summed E-state index contributed by atoms with van der Waals surface area (Å²) in [5.41, 5.74) is 19.0. The Bertz CT molecular complexity index is 3780. The largest absolute Gasteiger partial charge is 0.456 e. The van der Waals surface area contributed by atoms with Gasteiger partial charge in [-0.25, -0.2) is 9.98 Å². The number of benzene rings is 7. The molecule has 5 heteroatoms. The molecule has 336 valence electrons. The van der Waals surface area contributed by atoms with Gasteiger partial charge in [-0.2, -0.15) is 0 Å². The van der Waals surface area contributed by atoms with Crippen LogP contribution in [0, 0.1) is 5.92 Å². The van der Waals surface area contributed by atoms with E-state index in [0.29, 0.717) is 11.8 Å². The summed E-state index contributed by atoms with van der Waals surface area (Å²) in [5, 5.41) is 7.11. The average Bonchev–Trinajstić information content (AvgIpc) is 4.01. The van der Waals surface area contributed by atoms with Gasteiger partial charge < -0.3 is 14.2 Å². The molecule has 9 aromatic rings. The van der Waals surface area contributed by atoms with E-state index < -0.39 is 0 Å². The Morgan fingerprint density at radius 2 is 1.29 bits per heavy atom. The standard InChI is InChI=1S/C65H49N3O2/c1-4-13-40(14-5-1)42-23-25-44(26-24-42)64-66-63(43-17-8-3-9-18-43)67-65(68-64)49-30-33-53-52-32-29-47(38-60(52)69-61(53)39-49)46-31-34-59-58(36-46)55-22-12-21-54(62(55)70-59)57-37-48-28-27-45(41-15-6-2-7-16-41)35-56(48)50-19-10-11-20-51(50)57/h1-23,25-27,30-31,33-36,38-39,42,48,57,63H,24,28-29,32,37H2,(H,66,67,68). The molecule has 0 bridgehead atoms. The number of nitrogens with zero attached hydrogens (tertiary/aromatic N) is 2. The third kappa shape index (κ3) is 7.07. The smallest absolute Gasteiger partial charge is 0.169 e. The van der Waals surface area contributed by atoms with E-state index in [1.807, 2.05) is 6.07 Å². The molecule has 1 aliphatic heterocycles. The van der Waals surface area contributed by atoms with E-state index >= 15 is 0 Å². The summed E-state index contributed by atoms with van der Waals surface area (Å²) in [6.45, 7) is 0. The van der Waals surface area contributed by atoms with Gasteiger partial charge in [0.1, 0.15) is 34.2 Å². The lowest BCUT2D eigenvalue weighted by molar-refractivity contribution is 0.541. The van der Waals surface area contributed by atoms with Crippen molar-refractivity contribution in [3.8, 4) is 0 Å². The zero-order valence-electron chi connectivity index (χ0n) is 38.7. The van der Waals surface area contributed by atoms with Crippen molar-refractivity contribution >= 4 is 67.4 Å². The summed E-state index contributed by atoms with van der Waals surface area (Å²) in [6.07, 6.45) is 18.4. The first-order valence-corrected chi connectivity index (χ1v) is 24.8. The van der Waals surface area contributed by atoms with Crippen LogP contribution < -0.4 is 5.32 Å². The second kappa shape index (κ2) is 16.7. The summed E-state index contributed by atoms with van der Waals surface area (Å²) in [5.74, 6) is 3.58. The van der Waals surface area contributed by atoms with Gasteiger partial charge in [-0.3, -0.25) is 0 Å². The highest BCUT2D eigenvalue weighted by Gasteiger charge is 2.34. The lowest BCUT2D eigenvalue weighted by Crippen LogP contribution is -2.36. The summed E-state index contributed by atoms with van der Waals surface area (Å²) in [6, 6.07) is 60.9. The van der Waals surface area contributed by atoms with Gasteiger partial charge in [0.15, 0.2) is 6.17 Å². The molecular weight excluding hydrogens is 855 g/mol. The number of rotatable bonds is 7. The van der Waals surface area contributed by atoms with Crippen molar-refractivity contribution in [2.24, 2.45) is 15.9 Å². The number of amidine groups is 2. The van der Waals surface area contributed by atoms with Crippen LogP contribution in [-0.2, 0) is 6.42 Å². The minimum atomic E-state index is -0.367. The minimum absolute atomic E-state index is 0.239. The highest BCUT2D eigenvalue weighted by molar-refractivity contribution is 6.17. The molecule has 4 atom stereocenters. The molecule has 0 fully saturated rings. The van der Waals surface area contributed by atoms with Gasteiger partial charge in [0.25, 0.3) is 0 Å². The van der Waals surface area contributed by atoms with E-state index in [9.17, 15) is 0 Å². The van der Waals surface area contributed by atoms with Crippen LogP contribution in [0.15, 0.2) is 225 Å². The maximum Gasteiger partial charge on any atom is 0.169 e. The molecule has 4 unspecified atom stereocenters. The molecule has 5 aliphatic rings. The number of allylic oxidation sites excluding steroid dienone is 7. The molecule has 70 heavy (non-hydrogen) atoms. The summed E-state index contributed by atoms with van der Waals surface area (Å²) >= 11 is 0. The second-order valence-electron chi connectivity index (χ2n) is 19.4. The Labute approximate surface area is 407 Å². The molecule has 0 spiro atoms. The third-order valence-electron chi connectivity index (χ3n) is 15.4. The van der Waals surface area contributed by atoms with Crippen LogP contribution in [0.3, 0.4) is 0 Å². The number of para-hydroxylation sites is 1. The number of hydrogen-bond donors (Lipinski definition) is 1. The number of fused-ring (bicyclic) bond motifs is 9. The third-order valence-corrected chi connectivity index (χ3v) is 15.4. The first-order valence-electron chi connectivity index (χ1n) is 24.8. The molecular formula is C65H49N3O2. The first kappa shape index (κ1) is 40.8. The lowest BCUT2D eigenvalue weighted by atomic mass is 9.68. The van der Waals surface area contributed by atoms with E-state index in [1.165, 1.54) is 61.0 Å². The molecule has 4 aliphatic carbocycles. The van der Waals surface area contributed by atoms with Crippen molar-refractivity contribution in [2.45, 2.75) is 50.1 Å². The van der Waals surface area contributed by atoms with E-state index in [2.05, 4.69) is 206 Å². The number of furan rings is 2. The van der Waals surface area contributed by atoms with Gasteiger partial charge >= 0.3 is 0 Å². The minimum Gasteiger partial charge on any atom is -0.456 e. The number of hydrogen-bond acceptors (Lipinski definition) is 5. The van der Waals surface area contributed by atoms with Crippen molar-refractivity contribution in [3.05, 3.63) is 262 Å².